The number of allylic oxidation sites excluding steroid dienone is 1. The molecular weight excluding hydrogens is 499 g/mol. The molecule has 1 fully saturated rings. The molecule has 37 heavy (non-hydrogen) atoms. The highest BCUT2D eigenvalue weighted by molar-refractivity contribution is 7.51. The Kier molecular flexibility index (Phi) is 6.89. The van der Waals surface area contributed by atoms with Crippen molar-refractivity contribution in [3.05, 3.63) is 48.8 Å². The first-order valence-electron chi connectivity index (χ1n) is 12.0. The van der Waals surface area contributed by atoms with Gasteiger partial charge in [-0.3, -0.25) is 9.32 Å². The summed E-state index contributed by atoms with van der Waals surface area (Å²) >= 11 is 0. The zero-order valence-electron chi connectivity index (χ0n) is 20.5. The van der Waals surface area contributed by atoms with E-state index in [1.54, 1.807) is 30.6 Å². The number of carboxylic acid groups (broad SMARTS) is 1. The second kappa shape index (κ2) is 10.1. The lowest BCUT2D eigenvalue weighted by molar-refractivity contribution is -0.141. The quantitative estimate of drug-likeness (QED) is 0.277. The van der Waals surface area contributed by atoms with Crippen LogP contribution in [0.1, 0.15) is 32.2 Å². The van der Waals surface area contributed by atoms with Gasteiger partial charge in [0.1, 0.15) is 11.8 Å². The lowest BCUT2D eigenvalue weighted by atomic mass is 10.1. The molecule has 0 spiro atoms. The van der Waals surface area contributed by atoms with Crippen LogP contribution in [0.5, 0.6) is 11.6 Å². The highest BCUT2D eigenvalue weighted by atomic mass is 31.2. The van der Waals surface area contributed by atoms with Gasteiger partial charge in [-0.15, -0.1) is 0 Å². The van der Waals surface area contributed by atoms with E-state index in [0.717, 1.165) is 12.8 Å². The summed E-state index contributed by atoms with van der Waals surface area (Å²) in [5, 5.41) is 9.70. The number of nitrogens with two attached hydrogens (primary N) is 1. The molecule has 5 rings (SSSR count). The van der Waals surface area contributed by atoms with E-state index in [1.807, 2.05) is 22.8 Å². The number of benzene rings is 1. The molecule has 0 bridgehead atoms. The van der Waals surface area contributed by atoms with Crippen molar-refractivity contribution in [2.45, 2.75) is 44.3 Å². The largest absolute Gasteiger partial charge is 0.480 e. The molecule has 12 nitrogen and oxygen atoms in total. The number of carboxylic acids is 1. The van der Waals surface area contributed by atoms with Crippen molar-refractivity contribution in [3.63, 3.8) is 0 Å². The van der Waals surface area contributed by atoms with Gasteiger partial charge in [-0.25, -0.2) is 9.55 Å². The van der Waals surface area contributed by atoms with Crippen molar-refractivity contribution < 1.29 is 28.3 Å². The summed E-state index contributed by atoms with van der Waals surface area (Å²) in [6, 6.07) is 7.36. The molecule has 0 saturated heterocycles. The number of nitrogens with zero attached hydrogens (tertiary/aromatic N) is 5. The first kappa shape index (κ1) is 25.2. The predicted molar refractivity (Wildman–Crippen MR) is 135 cm³/mol. The smallest absolute Gasteiger partial charge is 0.462 e. The number of aromatic nitrogens is 4. The minimum Gasteiger partial charge on any atom is -0.480 e. The van der Waals surface area contributed by atoms with E-state index in [9.17, 15) is 14.5 Å². The average Bonchev–Trinajstić information content (AvgIpc) is 3.43. The highest BCUT2D eigenvalue weighted by Gasteiger charge is 2.49. The Hall–Kier alpha value is -3.47. The van der Waals surface area contributed by atoms with Crippen LogP contribution in [0.25, 0.3) is 11.2 Å². The Morgan fingerprint density at radius 3 is 2.70 bits per heavy atom. The van der Waals surface area contributed by atoms with Crippen molar-refractivity contribution in [1.82, 2.24) is 24.2 Å². The topological polar surface area (TPSA) is 155 Å². The summed E-state index contributed by atoms with van der Waals surface area (Å²) < 4.78 is 34.7. The minimum absolute atomic E-state index is 0.0830. The molecule has 13 heteroatoms. The normalized spacial score (nSPS) is 21.7. The fraction of sp³-hybridized carbons (Fsp3) is 0.417. The Balaban J connectivity index is 1.34. The average molecular weight is 529 g/mol. The number of rotatable bonds is 11. The molecule has 1 aromatic carbocycles. The molecule has 0 amide bonds. The summed E-state index contributed by atoms with van der Waals surface area (Å²) in [6.45, 7) is 1.59. The van der Waals surface area contributed by atoms with Gasteiger partial charge < -0.3 is 24.7 Å². The van der Waals surface area contributed by atoms with E-state index in [4.69, 9.17) is 19.5 Å². The van der Waals surface area contributed by atoms with E-state index in [0.29, 0.717) is 29.2 Å². The molecular formula is C24H29N6O6P. The maximum atomic E-state index is 14.2. The third-order valence-electron chi connectivity index (χ3n) is 6.48. The van der Waals surface area contributed by atoms with Crippen LogP contribution in [0.3, 0.4) is 0 Å². The number of nitrogen functional groups attached to an aromatic ring is 1. The first-order chi connectivity index (χ1) is 17.8. The number of hydrogen-bond donors (Lipinski definition) is 2. The molecule has 2 aliphatic carbocycles. The minimum atomic E-state index is -4.00. The number of carbonyl (C=O) groups is 1. The first-order valence-corrected chi connectivity index (χ1v) is 13.5. The third kappa shape index (κ3) is 5.18. The zero-order chi connectivity index (χ0) is 26.2. The number of para-hydroxylation sites is 1. The Morgan fingerprint density at radius 2 is 2.03 bits per heavy atom. The molecule has 2 heterocycles. The Labute approximate surface area is 213 Å². The molecule has 2 aromatic heterocycles. The van der Waals surface area contributed by atoms with Crippen LogP contribution in [0.2, 0.25) is 0 Å². The molecule has 0 radical (unpaired) electrons. The number of fused-ring (bicyclic) bond motifs is 1. The van der Waals surface area contributed by atoms with Gasteiger partial charge in [0.25, 0.3) is 0 Å². The molecule has 3 aromatic rings. The predicted octanol–water partition coefficient (Wildman–Crippen LogP) is 3.68. The number of hydrogen-bond acceptors (Lipinski definition) is 9. The fourth-order valence-electron chi connectivity index (χ4n) is 4.50. The van der Waals surface area contributed by atoms with Crippen LogP contribution in [0, 0.1) is 5.92 Å². The second-order valence-corrected chi connectivity index (χ2v) is 11.0. The van der Waals surface area contributed by atoms with Crippen molar-refractivity contribution >= 4 is 30.8 Å². The van der Waals surface area contributed by atoms with Gasteiger partial charge in [-0.2, -0.15) is 14.6 Å². The van der Waals surface area contributed by atoms with E-state index in [-0.39, 0.29) is 30.6 Å². The van der Waals surface area contributed by atoms with Crippen molar-refractivity contribution in [2.24, 2.45) is 5.92 Å². The van der Waals surface area contributed by atoms with Gasteiger partial charge in [0.2, 0.25) is 11.8 Å². The van der Waals surface area contributed by atoms with Crippen LogP contribution >= 0.6 is 7.75 Å². The van der Waals surface area contributed by atoms with Gasteiger partial charge in [0.15, 0.2) is 11.2 Å². The number of imidazole rings is 1. The molecule has 0 aliphatic heterocycles. The van der Waals surface area contributed by atoms with Gasteiger partial charge in [0, 0.05) is 12.0 Å². The van der Waals surface area contributed by atoms with Crippen LogP contribution < -0.4 is 15.0 Å². The molecule has 2 unspecified atom stereocenters. The molecule has 3 N–H and O–H groups in total. The second-order valence-electron chi connectivity index (χ2n) is 9.16. The van der Waals surface area contributed by atoms with Gasteiger partial charge in [-0.05, 0) is 38.3 Å². The van der Waals surface area contributed by atoms with Crippen LogP contribution in [0.15, 0.2) is 48.8 Å². The van der Waals surface area contributed by atoms with Crippen LogP contribution in [-0.2, 0) is 13.9 Å². The van der Waals surface area contributed by atoms with Gasteiger partial charge in [-0.1, -0.05) is 30.4 Å². The van der Waals surface area contributed by atoms with Crippen molar-refractivity contribution in [1.29, 1.82) is 0 Å². The fourth-order valence-corrected chi connectivity index (χ4v) is 6.70. The summed E-state index contributed by atoms with van der Waals surface area (Å²) in [6.07, 6.45) is 7.73. The van der Waals surface area contributed by atoms with E-state index in [1.165, 1.54) is 18.7 Å². The summed E-state index contributed by atoms with van der Waals surface area (Å²) in [7, 11) is -2.50. The molecule has 2 aliphatic rings. The number of methoxy groups -OCH3 is 1. The third-order valence-corrected chi connectivity index (χ3v) is 8.64. The number of aliphatic carboxylic acids is 1. The summed E-state index contributed by atoms with van der Waals surface area (Å²) in [5.41, 5.74) is 6.90. The Morgan fingerprint density at radius 1 is 1.27 bits per heavy atom. The zero-order valence-corrected chi connectivity index (χ0v) is 21.4. The summed E-state index contributed by atoms with van der Waals surface area (Å²) in [5.74, 6) is -0.450. The summed E-state index contributed by atoms with van der Waals surface area (Å²) in [4.78, 5) is 24.6. The number of ether oxygens (including phenoxy) is 1. The molecule has 4 atom stereocenters. The lowest BCUT2D eigenvalue weighted by Crippen LogP contribution is -2.40. The highest BCUT2D eigenvalue weighted by Crippen LogP contribution is 2.58. The van der Waals surface area contributed by atoms with Crippen molar-refractivity contribution in [3.8, 4) is 11.6 Å². The maximum absolute atomic E-state index is 14.2. The van der Waals surface area contributed by atoms with Crippen LogP contribution in [0.4, 0.5) is 5.95 Å². The van der Waals surface area contributed by atoms with Crippen molar-refractivity contribution in [2.75, 3.05) is 19.5 Å². The number of anilines is 1. The van der Waals surface area contributed by atoms with E-state index in [2.05, 4.69) is 15.0 Å². The lowest BCUT2D eigenvalue weighted by Gasteiger charge is -2.33. The van der Waals surface area contributed by atoms with Crippen LogP contribution in [-0.4, -0.2) is 61.1 Å². The maximum Gasteiger partial charge on any atom is 0.462 e. The monoisotopic (exact) mass is 528 g/mol. The molecule has 1 saturated carbocycles. The van der Waals surface area contributed by atoms with Gasteiger partial charge >= 0.3 is 13.7 Å². The Bertz CT molecular complexity index is 1360. The van der Waals surface area contributed by atoms with Gasteiger partial charge in [0.05, 0.1) is 26.1 Å². The standard InChI is InChI=1S/C24H29N6O6P/c1-15(23(31)32)30(17-10-11-17)37(33,36-19-6-4-3-5-7-19)35-13-16-8-9-18(12-16)29-14-26-20-21(29)27-24(25)28-22(20)34-2/h3-9,14-18H,10-13H2,1-2H3,(H,31,32)(H2,25,27,28)/t15?,16-,18+,37?/m1/s1. The SMILES string of the molecule is COc1nc(N)nc2c1ncn2[C@H]1C=C[C@@H](COP(=O)(Oc2ccccc2)N(C2CC2)C(C)C(=O)O)C1. The molecule has 196 valence electrons. The van der Waals surface area contributed by atoms with E-state index >= 15 is 0 Å². The van der Waals surface area contributed by atoms with E-state index < -0.39 is 19.8 Å².